The molecule has 2 aromatic carbocycles. The number of nitrogens with zero attached hydrogens (tertiary/aromatic N) is 6. The molecule has 0 radical (unpaired) electrons. The van der Waals surface area contributed by atoms with E-state index in [0.29, 0.717) is 36.0 Å². The first kappa shape index (κ1) is 26.1. The zero-order chi connectivity index (χ0) is 26.8. The van der Waals surface area contributed by atoms with Crippen molar-refractivity contribution in [1.29, 1.82) is 0 Å². The molecular formula is C28H30N6O2S2. The van der Waals surface area contributed by atoms with Crippen molar-refractivity contribution >= 4 is 69.2 Å². The van der Waals surface area contributed by atoms with Gasteiger partial charge in [-0.1, -0.05) is 24.3 Å². The van der Waals surface area contributed by atoms with Gasteiger partial charge in [-0.2, -0.15) is 9.98 Å². The van der Waals surface area contributed by atoms with Gasteiger partial charge in [0.1, 0.15) is 0 Å². The Balaban J connectivity index is 1.16. The summed E-state index contributed by atoms with van der Waals surface area (Å²) in [6.45, 7) is 2.84. The molecule has 1 fully saturated rings. The summed E-state index contributed by atoms with van der Waals surface area (Å²) in [5, 5.41) is 1.48. The molecule has 3 aliphatic heterocycles. The zero-order valence-corrected chi connectivity index (χ0v) is 23.6. The predicted octanol–water partition coefficient (Wildman–Crippen LogP) is 4.08. The van der Waals surface area contributed by atoms with Gasteiger partial charge in [-0.25, -0.2) is 0 Å². The average Bonchev–Trinajstić information content (AvgIpc) is 3.46. The molecule has 2 amide bonds. The van der Waals surface area contributed by atoms with Crippen LogP contribution in [0.4, 0.5) is 11.4 Å². The van der Waals surface area contributed by atoms with Crippen LogP contribution in [0.25, 0.3) is 12.2 Å². The second kappa shape index (κ2) is 11.1. The van der Waals surface area contributed by atoms with Crippen molar-refractivity contribution < 1.29 is 9.59 Å². The van der Waals surface area contributed by atoms with Gasteiger partial charge in [-0.3, -0.25) is 9.59 Å². The Morgan fingerprint density at radius 1 is 0.632 bits per heavy atom. The molecule has 0 bridgehead atoms. The predicted molar refractivity (Wildman–Crippen MR) is 161 cm³/mol. The molecule has 0 aromatic heterocycles. The molecule has 196 valence electrons. The van der Waals surface area contributed by atoms with E-state index in [0.717, 1.165) is 32.8 Å². The quantitative estimate of drug-likeness (QED) is 0.532. The Hall–Kier alpha value is -3.50. The number of thioether (sulfide) groups is 2. The minimum Gasteiger partial charge on any atom is -0.378 e. The van der Waals surface area contributed by atoms with Gasteiger partial charge in [0.15, 0.2) is 10.3 Å². The van der Waals surface area contributed by atoms with Crippen LogP contribution in [0.15, 0.2) is 68.3 Å². The number of rotatable bonds is 4. The Morgan fingerprint density at radius 3 is 1.29 bits per heavy atom. The summed E-state index contributed by atoms with van der Waals surface area (Å²) in [5.41, 5.74) is 4.18. The van der Waals surface area contributed by atoms with Gasteiger partial charge in [0, 0.05) is 65.7 Å². The molecule has 0 N–H and O–H groups in total. The average molecular weight is 547 g/mol. The van der Waals surface area contributed by atoms with E-state index in [1.54, 1.807) is 0 Å². The summed E-state index contributed by atoms with van der Waals surface area (Å²) in [7, 11) is 8.00. The number of carbonyl (C=O) groups excluding carboxylic acids is 2. The monoisotopic (exact) mass is 546 g/mol. The van der Waals surface area contributed by atoms with Crippen molar-refractivity contribution in [3.8, 4) is 0 Å². The highest BCUT2D eigenvalue weighted by atomic mass is 32.2. The fourth-order valence-electron chi connectivity index (χ4n) is 4.20. The minimum atomic E-state index is -0.196. The molecule has 10 heteroatoms. The largest absolute Gasteiger partial charge is 0.378 e. The molecule has 3 aliphatic rings. The third-order valence-electron chi connectivity index (χ3n) is 6.45. The number of carbonyl (C=O) groups is 2. The highest BCUT2D eigenvalue weighted by Crippen LogP contribution is 2.33. The van der Waals surface area contributed by atoms with Gasteiger partial charge in [0.25, 0.3) is 11.8 Å². The van der Waals surface area contributed by atoms with Crippen LogP contribution in [0.2, 0.25) is 0 Å². The minimum absolute atomic E-state index is 0.196. The first-order chi connectivity index (χ1) is 18.3. The molecule has 38 heavy (non-hydrogen) atoms. The van der Waals surface area contributed by atoms with Gasteiger partial charge in [-0.15, -0.1) is 0 Å². The molecule has 1 saturated heterocycles. The van der Waals surface area contributed by atoms with Gasteiger partial charge in [-0.05, 0) is 71.1 Å². The van der Waals surface area contributed by atoms with Crippen molar-refractivity contribution in [3.05, 3.63) is 69.5 Å². The smallest absolute Gasteiger partial charge is 0.286 e. The van der Waals surface area contributed by atoms with E-state index in [1.807, 2.05) is 98.7 Å². The molecule has 0 spiro atoms. The van der Waals surface area contributed by atoms with Crippen molar-refractivity contribution in [1.82, 2.24) is 9.80 Å². The summed E-state index contributed by atoms with van der Waals surface area (Å²) < 4.78 is 0. The third kappa shape index (κ3) is 5.81. The van der Waals surface area contributed by atoms with Crippen LogP contribution in [0.5, 0.6) is 0 Å². The number of benzene rings is 2. The first-order valence-electron chi connectivity index (χ1n) is 12.4. The first-order valence-corrected chi connectivity index (χ1v) is 14.0. The number of amides is 2. The Kier molecular flexibility index (Phi) is 7.62. The number of hydrogen-bond donors (Lipinski definition) is 0. The normalized spacial score (nSPS) is 19.9. The SMILES string of the molecule is CN(C)c1ccc(/C=C2\SC(N3CCN(C4=NC(=O)/C(=C/c5ccc(N(C)C)cc5)S4)CC3)=NC2=O)cc1. The van der Waals surface area contributed by atoms with E-state index in [9.17, 15) is 9.59 Å². The summed E-state index contributed by atoms with van der Waals surface area (Å²) in [6.07, 6.45) is 3.80. The van der Waals surface area contributed by atoms with Crippen LogP contribution in [-0.2, 0) is 9.59 Å². The standard InChI is InChI=1S/C28H30N6O2S2/c1-31(2)21-9-5-19(6-10-21)17-23-25(35)29-27(37-23)33-13-15-34(16-14-33)28-30-26(36)24(38-28)18-20-7-11-22(12-8-20)32(3)4/h5-12,17-18H,13-16H2,1-4H3/b23-17-,24-18-. The van der Waals surface area contributed by atoms with Crippen LogP contribution < -0.4 is 9.80 Å². The van der Waals surface area contributed by atoms with E-state index >= 15 is 0 Å². The number of anilines is 2. The molecule has 0 saturated carbocycles. The lowest BCUT2D eigenvalue weighted by Gasteiger charge is -2.35. The maximum Gasteiger partial charge on any atom is 0.286 e. The van der Waals surface area contributed by atoms with Crippen molar-refractivity contribution in [3.63, 3.8) is 0 Å². The van der Waals surface area contributed by atoms with Crippen LogP contribution in [0.1, 0.15) is 11.1 Å². The highest BCUT2D eigenvalue weighted by Gasteiger charge is 2.32. The Bertz CT molecular complexity index is 1250. The van der Waals surface area contributed by atoms with Gasteiger partial charge < -0.3 is 19.6 Å². The van der Waals surface area contributed by atoms with Gasteiger partial charge in [0.2, 0.25) is 0 Å². The fraction of sp³-hybridized carbons (Fsp3) is 0.286. The molecular weight excluding hydrogens is 516 g/mol. The van der Waals surface area contributed by atoms with E-state index in [-0.39, 0.29) is 11.8 Å². The number of aliphatic imine (C=N–C) groups is 2. The molecule has 0 aliphatic carbocycles. The van der Waals surface area contributed by atoms with Crippen molar-refractivity contribution in [2.75, 3.05) is 64.2 Å². The maximum absolute atomic E-state index is 12.6. The van der Waals surface area contributed by atoms with E-state index in [2.05, 4.69) is 19.8 Å². The lowest BCUT2D eigenvalue weighted by Crippen LogP contribution is -2.49. The molecule has 8 nitrogen and oxygen atoms in total. The van der Waals surface area contributed by atoms with Crippen LogP contribution in [-0.4, -0.2) is 86.3 Å². The van der Waals surface area contributed by atoms with E-state index in [1.165, 1.54) is 23.5 Å². The molecule has 5 rings (SSSR count). The summed E-state index contributed by atoms with van der Waals surface area (Å²) >= 11 is 2.85. The number of piperazine rings is 1. The Morgan fingerprint density at radius 2 is 0.974 bits per heavy atom. The maximum atomic E-state index is 12.6. The fourth-order valence-corrected chi connectivity index (χ4v) is 6.13. The zero-order valence-electron chi connectivity index (χ0n) is 21.9. The topological polar surface area (TPSA) is 71.8 Å². The lowest BCUT2D eigenvalue weighted by atomic mass is 10.2. The number of amidine groups is 2. The van der Waals surface area contributed by atoms with Crippen molar-refractivity contribution in [2.45, 2.75) is 0 Å². The van der Waals surface area contributed by atoms with Crippen molar-refractivity contribution in [2.24, 2.45) is 9.98 Å². The summed E-state index contributed by atoms with van der Waals surface area (Å²) in [6, 6.07) is 16.2. The summed E-state index contributed by atoms with van der Waals surface area (Å²) in [5.74, 6) is -0.391. The van der Waals surface area contributed by atoms with E-state index < -0.39 is 0 Å². The lowest BCUT2D eigenvalue weighted by molar-refractivity contribution is -0.114. The molecule has 3 heterocycles. The van der Waals surface area contributed by atoms with Gasteiger partial charge >= 0.3 is 0 Å². The molecule has 2 aromatic rings. The highest BCUT2D eigenvalue weighted by molar-refractivity contribution is 8.18. The second-order valence-corrected chi connectivity index (χ2v) is 11.6. The second-order valence-electron chi connectivity index (χ2n) is 9.57. The third-order valence-corrected chi connectivity index (χ3v) is 8.54. The van der Waals surface area contributed by atoms with Crippen LogP contribution in [0, 0.1) is 0 Å². The van der Waals surface area contributed by atoms with Crippen LogP contribution >= 0.6 is 23.5 Å². The van der Waals surface area contributed by atoms with Crippen LogP contribution in [0.3, 0.4) is 0 Å². The summed E-state index contributed by atoms with van der Waals surface area (Å²) in [4.78, 5) is 43.4. The van der Waals surface area contributed by atoms with E-state index in [4.69, 9.17) is 0 Å². The molecule has 0 unspecified atom stereocenters. The molecule has 0 atom stereocenters. The van der Waals surface area contributed by atoms with Gasteiger partial charge in [0.05, 0.1) is 9.81 Å². The Labute approximate surface area is 231 Å². The number of hydrogen-bond acceptors (Lipinski definition) is 8.